The van der Waals surface area contributed by atoms with Crippen molar-refractivity contribution in [3.05, 3.63) is 94.6 Å². The first kappa shape index (κ1) is 55.8. The zero-order valence-electron chi connectivity index (χ0n) is 44.2. The molecule has 3 aromatic heterocycles. The van der Waals surface area contributed by atoms with E-state index in [1.165, 1.54) is 28.0 Å². The van der Waals surface area contributed by atoms with Crippen LogP contribution in [0.25, 0.3) is 10.4 Å². The van der Waals surface area contributed by atoms with Crippen LogP contribution in [0.1, 0.15) is 81.5 Å². The van der Waals surface area contributed by atoms with Crippen LogP contribution in [0.2, 0.25) is 5.02 Å². The molecule has 6 heterocycles. The number of piperidine rings is 1. The molecule has 3 atom stereocenters. The number of benzene rings is 2. The molecule has 3 saturated heterocycles. The number of hydrogen-bond donors (Lipinski definition) is 5. The number of carbonyl (C=O) groups is 4. The number of piperazine rings is 1. The highest BCUT2D eigenvalue weighted by Crippen LogP contribution is 2.41. The number of aryl methyl sites for hydroxylation is 1. The van der Waals surface area contributed by atoms with E-state index in [2.05, 4.69) is 57.5 Å². The van der Waals surface area contributed by atoms with Gasteiger partial charge in [-0.3, -0.25) is 24.1 Å². The second-order valence-corrected chi connectivity index (χ2v) is 24.2. The Kier molecular flexibility index (Phi) is 17.1. The van der Waals surface area contributed by atoms with Crippen molar-refractivity contribution in [2.45, 2.75) is 107 Å². The molecule has 2 aromatic carbocycles. The van der Waals surface area contributed by atoms with Crippen molar-refractivity contribution in [2.75, 3.05) is 80.6 Å². The number of β-amino-alcohol motifs (C(OH)–C–C–N with tert-alkyl or cyclic N) is 1. The number of halogens is 2. The number of nitrogens with two attached hydrogens (primary N) is 1. The third-order valence-electron chi connectivity index (χ3n) is 15.1. The van der Waals surface area contributed by atoms with Crippen molar-refractivity contribution in [3.8, 4) is 16.2 Å². The molecule has 0 radical (unpaired) electrons. The summed E-state index contributed by atoms with van der Waals surface area (Å²) in [6.45, 7) is 15.9. The number of hydrogen-bond acceptors (Lipinski definition) is 16. The quantitative estimate of drug-likeness (QED) is 0.0613. The number of amides is 4. The Bertz CT molecular complexity index is 2930. The van der Waals surface area contributed by atoms with Gasteiger partial charge < -0.3 is 46.2 Å². The molecule has 18 nitrogen and oxygen atoms in total. The first-order valence-electron chi connectivity index (χ1n) is 26.2. The molecule has 1 aliphatic carbocycles. The van der Waals surface area contributed by atoms with Crippen molar-refractivity contribution in [1.29, 1.82) is 0 Å². The Balaban J connectivity index is 0.761. The van der Waals surface area contributed by atoms with Gasteiger partial charge in [-0.15, -0.1) is 11.3 Å². The molecule has 0 bridgehead atoms. The number of carbonyl (C=O) groups excluding carboxylic acids is 4. The first-order valence-corrected chi connectivity index (χ1v) is 28.3. The Labute approximate surface area is 462 Å². The van der Waals surface area contributed by atoms with Crippen LogP contribution in [0.5, 0.6) is 5.75 Å². The number of pyridine rings is 1. The number of thiazole rings is 1. The second-order valence-electron chi connectivity index (χ2n) is 21.9. The van der Waals surface area contributed by atoms with Crippen LogP contribution in [0.4, 0.5) is 21.6 Å². The molecule has 9 rings (SSSR count). The Morgan fingerprint density at radius 2 is 1.73 bits per heavy atom. The van der Waals surface area contributed by atoms with Crippen LogP contribution in [0.3, 0.4) is 0 Å². The lowest BCUT2D eigenvalue weighted by atomic mass is 9.80. The lowest BCUT2D eigenvalue weighted by Crippen LogP contribution is -2.59. The number of aromatic nitrogens is 4. The summed E-state index contributed by atoms with van der Waals surface area (Å²) in [4.78, 5) is 82.2. The molecule has 0 unspecified atom stereocenters. The predicted octanol–water partition coefficient (Wildman–Crippen LogP) is 6.74. The van der Waals surface area contributed by atoms with E-state index in [1.54, 1.807) is 57.0 Å². The number of rotatable bonds is 18. The summed E-state index contributed by atoms with van der Waals surface area (Å²) in [7, 11) is 0. The average molecular weight is 1110 g/mol. The number of likely N-dealkylation sites (tertiary alicyclic amines) is 1. The summed E-state index contributed by atoms with van der Waals surface area (Å²) in [5.74, 6) is -0.794. The number of nitrogens with one attached hydrogen (secondary N) is 3. The van der Waals surface area contributed by atoms with Gasteiger partial charge in [-0.25, -0.2) is 24.3 Å². The van der Waals surface area contributed by atoms with Crippen LogP contribution in [-0.2, 0) is 20.9 Å². The third-order valence-corrected chi connectivity index (χ3v) is 17.6. The van der Waals surface area contributed by atoms with Crippen molar-refractivity contribution in [1.82, 2.24) is 40.4 Å². The summed E-state index contributed by atoms with van der Waals surface area (Å²) in [6, 6.07) is 12.8. The maximum atomic E-state index is 14.7. The van der Waals surface area contributed by atoms with E-state index in [4.69, 9.17) is 22.1 Å². The normalized spacial score (nSPS) is 19.6. The minimum Gasteiger partial charge on any atom is -0.492 e. The lowest BCUT2D eigenvalue weighted by Gasteiger charge is -2.39. The van der Waals surface area contributed by atoms with Crippen LogP contribution in [-0.4, -0.2) is 148 Å². The topological polar surface area (TPSA) is 224 Å². The highest BCUT2D eigenvalue weighted by Gasteiger charge is 2.53. The van der Waals surface area contributed by atoms with Crippen molar-refractivity contribution in [2.24, 2.45) is 16.6 Å². The summed E-state index contributed by atoms with van der Waals surface area (Å²) in [5.41, 5.74) is 9.34. The van der Waals surface area contributed by atoms with Gasteiger partial charge in [-0.2, -0.15) is 0 Å². The molecule has 4 amide bonds. The molecule has 22 heteroatoms. The van der Waals surface area contributed by atoms with Gasteiger partial charge in [0.2, 0.25) is 11.8 Å². The minimum atomic E-state index is -1.98. The molecule has 4 fully saturated rings. The second kappa shape index (κ2) is 23.6. The fourth-order valence-electron chi connectivity index (χ4n) is 9.79. The van der Waals surface area contributed by atoms with Gasteiger partial charge in [0, 0.05) is 75.8 Å². The molecular weight excluding hydrogens is 1040 g/mol. The molecule has 0 spiro atoms. The van der Waals surface area contributed by atoms with E-state index in [0.29, 0.717) is 41.2 Å². The minimum absolute atomic E-state index is 0.0178. The van der Waals surface area contributed by atoms with E-state index in [1.807, 2.05) is 43.3 Å². The third kappa shape index (κ3) is 13.3. The SMILES string of the molecule is Cc1ncsc1-c1ccc(CNC(=O)[C@@H]2C[C@@H](O)CN2C(=O)[C@@H](NC(=O)C2(F)CC2)C(C)(C)C)c(OCCN2CCN(c3ccc(C(=O)Nc4cccc(Sc5cnc(N6CCC(C)(CN)CC6)cn5)c4Cl)nc3)CC2)c1. The number of anilines is 3. The summed E-state index contributed by atoms with van der Waals surface area (Å²) < 4.78 is 21.2. The summed E-state index contributed by atoms with van der Waals surface area (Å²) in [5, 5.41) is 20.3. The number of nitrogens with zero attached hydrogens (tertiary/aromatic N) is 8. The van der Waals surface area contributed by atoms with E-state index < -0.39 is 47.0 Å². The number of aliphatic hydroxyl groups excluding tert-OH is 1. The Morgan fingerprint density at radius 1 is 0.961 bits per heavy atom. The molecule has 410 valence electrons. The van der Waals surface area contributed by atoms with Gasteiger partial charge in [-0.1, -0.05) is 69.3 Å². The van der Waals surface area contributed by atoms with Gasteiger partial charge in [0.25, 0.3) is 11.8 Å². The molecular formula is C55H68ClFN12O6S2. The highest BCUT2D eigenvalue weighted by molar-refractivity contribution is 7.99. The van der Waals surface area contributed by atoms with Gasteiger partial charge in [0.15, 0.2) is 5.67 Å². The smallest absolute Gasteiger partial charge is 0.274 e. The van der Waals surface area contributed by atoms with Gasteiger partial charge in [0.1, 0.15) is 41.0 Å². The maximum absolute atomic E-state index is 14.7. The Morgan fingerprint density at radius 3 is 2.38 bits per heavy atom. The van der Waals surface area contributed by atoms with E-state index in [9.17, 15) is 28.7 Å². The fraction of sp³-hybridized carbons (Fsp3) is 0.491. The summed E-state index contributed by atoms with van der Waals surface area (Å²) >= 11 is 9.73. The monoisotopic (exact) mass is 1110 g/mol. The average Bonchev–Trinajstić information content (AvgIpc) is 3.86. The van der Waals surface area contributed by atoms with E-state index >= 15 is 0 Å². The highest BCUT2D eigenvalue weighted by atomic mass is 35.5. The molecule has 3 aliphatic heterocycles. The standard InChI is InChI=1S/C55H68ClFN12O6S2/c1-34-47(76-33-63-34)35-9-10-36(27-62-50(72)41-26-38(70)31-69(41)51(73)48(53(2,3)4)65-52(74)55(57)13-14-55)42(25-35)75-24-23-66-19-21-67(22-20-66)37-11-12-40(59-28-37)49(71)64-39-7-6-8-43(46(39)56)77-45-30-60-44(29-61-45)68-17-15-54(5,32-58)16-18-68/h6-12,25,28-30,33,38,41,48,70H,13-24,26-27,31-32,58H2,1-5H3,(H,62,72)(H,64,71)(H,65,74)/t38-,41+,48-/m1/s1. The van der Waals surface area contributed by atoms with E-state index in [-0.39, 0.29) is 49.4 Å². The number of ether oxygens (including phenoxy) is 1. The van der Waals surface area contributed by atoms with Gasteiger partial charge in [0.05, 0.1) is 57.2 Å². The summed E-state index contributed by atoms with van der Waals surface area (Å²) in [6.07, 6.45) is 6.54. The zero-order chi connectivity index (χ0) is 54.6. The maximum Gasteiger partial charge on any atom is 0.274 e. The van der Waals surface area contributed by atoms with Crippen LogP contribution in [0, 0.1) is 17.8 Å². The molecule has 5 aromatic rings. The fourth-order valence-corrected chi connectivity index (χ4v) is 11.7. The Hall–Kier alpha value is -5.97. The number of aliphatic hydroxyl groups is 1. The first-order chi connectivity index (χ1) is 36.8. The van der Waals surface area contributed by atoms with Crippen molar-refractivity contribution in [3.63, 3.8) is 0 Å². The van der Waals surface area contributed by atoms with E-state index in [0.717, 1.165) is 90.2 Å². The molecule has 4 aliphatic rings. The van der Waals surface area contributed by atoms with Gasteiger partial charge >= 0.3 is 0 Å². The van der Waals surface area contributed by atoms with Crippen LogP contribution >= 0.6 is 34.7 Å². The van der Waals surface area contributed by atoms with Crippen LogP contribution < -0.4 is 36.2 Å². The van der Waals surface area contributed by atoms with Crippen molar-refractivity contribution < 1.29 is 33.4 Å². The van der Waals surface area contributed by atoms with Crippen molar-refractivity contribution >= 4 is 75.5 Å². The zero-order valence-corrected chi connectivity index (χ0v) is 46.6. The molecule has 77 heavy (non-hydrogen) atoms. The molecule has 1 saturated carbocycles. The largest absolute Gasteiger partial charge is 0.492 e. The lowest BCUT2D eigenvalue weighted by molar-refractivity contribution is -0.145. The predicted molar refractivity (Wildman–Crippen MR) is 297 cm³/mol. The van der Waals surface area contributed by atoms with Gasteiger partial charge in [-0.05, 0) is 85.9 Å². The number of alkyl halides is 1. The molecule has 6 N–H and O–H groups in total. The van der Waals surface area contributed by atoms with Crippen LogP contribution in [0.15, 0.2) is 82.6 Å².